The third kappa shape index (κ3) is 4.86. The molecule has 0 aliphatic carbocycles. The van der Waals surface area contributed by atoms with E-state index in [1.807, 2.05) is 42.5 Å². The molecule has 2 aromatic carbocycles. The molecule has 0 atom stereocenters. The number of hydrogen-bond donors (Lipinski definition) is 0. The molecule has 0 aromatic heterocycles. The molecule has 1 saturated heterocycles. The van der Waals surface area contributed by atoms with E-state index in [2.05, 4.69) is 4.90 Å². The Hall–Kier alpha value is -1.75. The van der Waals surface area contributed by atoms with E-state index in [0.29, 0.717) is 23.1 Å². The van der Waals surface area contributed by atoms with E-state index in [0.717, 1.165) is 38.6 Å². The van der Waals surface area contributed by atoms with Gasteiger partial charge in [-0.05, 0) is 30.3 Å². The molecule has 1 fully saturated rings. The summed E-state index contributed by atoms with van der Waals surface area (Å²) in [6.45, 7) is 5.03. The number of halogens is 1. The molecular formula is C18H20ClNO3. The molecule has 0 radical (unpaired) electrons. The first kappa shape index (κ1) is 16.1. The quantitative estimate of drug-likeness (QED) is 0.803. The Kier molecular flexibility index (Phi) is 5.75. The molecule has 0 N–H and O–H groups in total. The van der Waals surface area contributed by atoms with Gasteiger partial charge in [-0.3, -0.25) is 4.90 Å². The largest absolute Gasteiger partial charge is 0.488 e. The first-order valence-electron chi connectivity index (χ1n) is 7.76. The van der Waals surface area contributed by atoms with Gasteiger partial charge in [0, 0.05) is 24.7 Å². The first-order valence-corrected chi connectivity index (χ1v) is 8.14. The van der Waals surface area contributed by atoms with Crippen molar-refractivity contribution in [2.24, 2.45) is 0 Å². The van der Waals surface area contributed by atoms with E-state index >= 15 is 0 Å². The maximum Gasteiger partial charge on any atom is 0.169 e. The number of para-hydroxylation sites is 2. The van der Waals surface area contributed by atoms with Gasteiger partial charge in [-0.1, -0.05) is 29.8 Å². The van der Waals surface area contributed by atoms with Crippen LogP contribution in [0, 0.1) is 0 Å². The monoisotopic (exact) mass is 333 g/mol. The summed E-state index contributed by atoms with van der Waals surface area (Å²) < 4.78 is 17.1. The highest BCUT2D eigenvalue weighted by Gasteiger charge is 2.11. The van der Waals surface area contributed by atoms with Gasteiger partial charge in [-0.25, -0.2) is 0 Å². The van der Waals surface area contributed by atoms with E-state index in [1.54, 1.807) is 6.07 Å². The summed E-state index contributed by atoms with van der Waals surface area (Å²) in [5, 5.41) is 0.646. The zero-order chi connectivity index (χ0) is 15.9. The van der Waals surface area contributed by atoms with Crippen molar-refractivity contribution in [1.82, 2.24) is 4.90 Å². The Morgan fingerprint density at radius 3 is 2.57 bits per heavy atom. The summed E-state index contributed by atoms with van der Waals surface area (Å²) in [6.07, 6.45) is 0. The molecule has 0 spiro atoms. The van der Waals surface area contributed by atoms with Crippen molar-refractivity contribution in [2.45, 2.75) is 0 Å². The average molecular weight is 334 g/mol. The molecule has 3 rings (SSSR count). The van der Waals surface area contributed by atoms with Crippen LogP contribution >= 0.6 is 11.6 Å². The Morgan fingerprint density at radius 1 is 1.00 bits per heavy atom. The summed E-state index contributed by atoms with van der Waals surface area (Å²) in [5.74, 6) is 2.12. The van der Waals surface area contributed by atoms with Crippen LogP contribution in [0.3, 0.4) is 0 Å². The Bertz CT molecular complexity index is 629. The molecule has 1 aliphatic rings. The lowest BCUT2D eigenvalue weighted by molar-refractivity contribution is 0.0321. The van der Waals surface area contributed by atoms with Crippen LogP contribution in [-0.2, 0) is 4.74 Å². The molecule has 23 heavy (non-hydrogen) atoms. The zero-order valence-electron chi connectivity index (χ0n) is 12.9. The second kappa shape index (κ2) is 8.20. The summed E-state index contributed by atoms with van der Waals surface area (Å²) in [7, 11) is 0. The van der Waals surface area contributed by atoms with Crippen LogP contribution < -0.4 is 9.47 Å². The summed E-state index contributed by atoms with van der Waals surface area (Å²) in [6, 6.07) is 15.0. The maximum atomic E-state index is 5.99. The topological polar surface area (TPSA) is 30.9 Å². The summed E-state index contributed by atoms with van der Waals surface area (Å²) >= 11 is 5.99. The van der Waals surface area contributed by atoms with E-state index in [1.165, 1.54) is 0 Å². The molecular weight excluding hydrogens is 314 g/mol. The number of morpholine rings is 1. The van der Waals surface area contributed by atoms with Gasteiger partial charge in [0.1, 0.15) is 12.4 Å². The predicted molar refractivity (Wildman–Crippen MR) is 90.7 cm³/mol. The van der Waals surface area contributed by atoms with Crippen LogP contribution in [0.2, 0.25) is 5.02 Å². The lowest BCUT2D eigenvalue weighted by Crippen LogP contribution is -2.38. The fraction of sp³-hybridized carbons (Fsp3) is 0.333. The van der Waals surface area contributed by atoms with Gasteiger partial charge in [0.15, 0.2) is 11.5 Å². The predicted octanol–water partition coefficient (Wildman–Crippen LogP) is 3.84. The van der Waals surface area contributed by atoms with Crippen LogP contribution in [-0.4, -0.2) is 44.4 Å². The molecule has 122 valence electrons. The molecule has 1 heterocycles. The number of benzene rings is 2. The number of rotatable bonds is 6. The van der Waals surface area contributed by atoms with Gasteiger partial charge < -0.3 is 14.2 Å². The second-order valence-electron chi connectivity index (χ2n) is 5.31. The molecule has 0 bridgehead atoms. The fourth-order valence-electron chi connectivity index (χ4n) is 2.42. The van der Waals surface area contributed by atoms with Gasteiger partial charge in [0.25, 0.3) is 0 Å². The smallest absolute Gasteiger partial charge is 0.169 e. The van der Waals surface area contributed by atoms with Gasteiger partial charge in [0.05, 0.1) is 13.2 Å². The van der Waals surface area contributed by atoms with Crippen LogP contribution in [0.15, 0.2) is 48.5 Å². The fourth-order valence-corrected chi connectivity index (χ4v) is 2.60. The minimum atomic E-state index is 0.621. The minimum Gasteiger partial charge on any atom is -0.488 e. The number of hydrogen-bond acceptors (Lipinski definition) is 4. The van der Waals surface area contributed by atoms with Crippen molar-refractivity contribution >= 4 is 11.6 Å². The number of nitrogens with zero attached hydrogens (tertiary/aromatic N) is 1. The summed E-state index contributed by atoms with van der Waals surface area (Å²) in [5.41, 5.74) is 0. The maximum absolute atomic E-state index is 5.99. The molecule has 0 amide bonds. The molecule has 1 aliphatic heterocycles. The van der Waals surface area contributed by atoms with Crippen LogP contribution in [0.25, 0.3) is 0 Å². The van der Waals surface area contributed by atoms with Crippen molar-refractivity contribution in [3.63, 3.8) is 0 Å². The van der Waals surface area contributed by atoms with E-state index in [4.69, 9.17) is 25.8 Å². The Balaban J connectivity index is 1.59. The third-order valence-electron chi connectivity index (χ3n) is 3.64. The van der Waals surface area contributed by atoms with Gasteiger partial charge in [-0.2, -0.15) is 0 Å². The zero-order valence-corrected chi connectivity index (χ0v) is 13.7. The van der Waals surface area contributed by atoms with Gasteiger partial charge in [-0.15, -0.1) is 0 Å². The van der Waals surface area contributed by atoms with Crippen molar-refractivity contribution in [3.05, 3.63) is 53.6 Å². The van der Waals surface area contributed by atoms with Gasteiger partial charge >= 0.3 is 0 Å². The minimum absolute atomic E-state index is 0.621. The van der Waals surface area contributed by atoms with Crippen molar-refractivity contribution < 1.29 is 14.2 Å². The molecule has 5 heteroatoms. The third-order valence-corrected chi connectivity index (χ3v) is 3.88. The average Bonchev–Trinajstić information content (AvgIpc) is 2.57. The number of ether oxygens (including phenoxy) is 3. The lowest BCUT2D eigenvalue weighted by Gasteiger charge is -2.26. The van der Waals surface area contributed by atoms with E-state index in [-0.39, 0.29) is 0 Å². The molecule has 4 nitrogen and oxygen atoms in total. The molecule has 0 saturated carbocycles. The van der Waals surface area contributed by atoms with Crippen molar-refractivity contribution in [3.8, 4) is 17.2 Å². The van der Waals surface area contributed by atoms with Gasteiger partial charge in [0.2, 0.25) is 0 Å². The SMILES string of the molecule is Clc1cccc(Oc2ccccc2OCCN2CCOCC2)c1. The van der Waals surface area contributed by atoms with Crippen LogP contribution in [0.4, 0.5) is 0 Å². The van der Waals surface area contributed by atoms with Crippen molar-refractivity contribution in [1.29, 1.82) is 0 Å². The highest BCUT2D eigenvalue weighted by molar-refractivity contribution is 6.30. The normalized spacial score (nSPS) is 15.3. The van der Waals surface area contributed by atoms with E-state index in [9.17, 15) is 0 Å². The standard InChI is InChI=1S/C18H20ClNO3/c19-15-4-3-5-16(14-15)23-18-7-2-1-6-17(18)22-13-10-20-8-11-21-12-9-20/h1-7,14H,8-13H2. The highest BCUT2D eigenvalue weighted by Crippen LogP contribution is 2.32. The molecule has 0 unspecified atom stereocenters. The van der Waals surface area contributed by atoms with Crippen LogP contribution in [0.5, 0.6) is 17.2 Å². The lowest BCUT2D eigenvalue weighted by atomic mass is 10.3. The summed E-state index contributed by atoms with van der Waals surface area (Å²) in [4.78, 5) is 2.34. The molecule has 2 aromatic rings. The van der Waals surface area contributed by atoms with Crippen LogP contribution in [0.1, 0.15) is 0 Å². The highest BCUT2D eigenvalue weighted by atomic mass is 35.5. The van der Waals surface area contributed by atoms with Crippen molar-refractivity contribution in [2.75, 3.05) is 39.5 Å². The Labute approximate surface area is 141 Å². The Morgan fingerprint density at radius 2 is 1.78 bits per heavy atom. The first-order chi connectivity index (χ1) is 11.3. The van der Waals surface area contributed by atoms with E-state index < -0.39 is 0 Å². The second-order valence-corrected chi connectivity index (χ2v) is 5.75.